The van der Waals surface area contributed by atoms with Crippen molar-refractivity contribution >= 4 is 0 Å². The molecular formula is C5H8F4O. The van der Waals surface area contributed by atoms with Gasteiger partial charge < -0.3 is 5.11 Å². The van der Waals surface area contributed by atoms with Crippen LogP contribution >= 0.6 is 0 Å². The van der Waals surface area contributed by atoms with Crippen molar-refractivity contribution in [3.8, 4) is 0 Å². The summed E-state index contributed by atoms with van der Waals surface area (Å²) in [5, 5.41) is 8.14. The molecule has 0 aliphatic carbocycles. The maximum Gasteiger partial charge on any atom is 0.448 e. The van der Waals surface area contributed by atoms with E-state index >= 15 is 0 Å². The molecule has 62 valence electrons. The molecule has 1 N–H and O–H groups in total. The molecule has 0 rings (SSSR count). The summed E-state index contributed by atoms with van der Waals surface area (Å²) in [4.78, 5) is 0. The number of rotatable bonds is 1. The average Bonchev–Trinajstić information content (AvgIpc) is 1.62. The first-order chi connectivity index (χ1) is 4.19. The van der Waals surface area contributed by atoms with Gasteiger partial charge in [-0.3, -0.25) is 0 Å². The van der Waals surface area contributed by atoms with Crippen LogP contribution in [0.2, 0.25) is 0 Å². The van der Waals surface area contributed by atoms with Crippen LogP contribution in [0.4, 0.5) is 17.6 Å². The summed E-state index contributed by atoms with van der Waals surface area (Å²) in [6.45, 7) is 1.90. The minimum Gasteiger partial charge on any atom is -0.355 e. The zero-order chi connectivity index (χ0) is 8.58. The standard InChI is InChI=1S/C5H8F4O/c1-3(2)4(6,10)5(7,8)9/h3,10H,1-2H3. The fourth-order valence-electron chi connectivity index (χ4n) is 0.327. The largest absolute Gasteiger partial charge is 0.448 e. The summed E-state index contributed by atoms with van der Waals surface area (Å²) >= 11 is 0. The molecule has 0 aromatic carbocycles. The van der Waals surface area contributed by atoms with Crippen molar-refractivity contribution in [2.75, 3.05) is 0 Å². The molecule has 0 aliphatic rings. The Morgan fingerprint density at radius 2 is 1.40 bits per heavy atom. The number of alkyl halides is 4. The molecule has 0 aromatic heterocycles. The van der Waals surface area contributed by atoms with Crippen LogP contribution < -0.4 is 0 Å². The first kappa shape index (κ1) is 9.68. The Kier molecular flexibility index (Phi) is 2.30. The van der Waals surface area contributed by atoms with E-state index < -0.39 is 17.9 Å². The van der Waals surface area contributed by atoms with E-state index in [4.69, 9.17) is 5.11 Å². The third kappa shape index (κ3) is 1.59. The molecule has 1 atom stereocenters. The minimum atomic E-state index is -5.19. The van der Waals surface area contributed by atoms with Gasteiger partial charge in [-0.1, -0.05) is 13.8 Å². The predicted molar refractivity (Wildman–Crippen MR) is 27.0 cm³/mol. The van der Waals surface area contributed by atoms with Crippen LogP contribution in [0.15, 0.2) is 0 Å². The lowest BCUT2D eigenvalue weighted by molar-refractivity contribution is -0.331. The Balaban J connectivity index is 4.40. The Labute approximate surface area is 55.7 Å². The molecule has 0 spiro atoms. The van der Waals surface area contributed by atoms with Crippen LogP contribution in [-0.2, 0) is 0 Å². The molecule has 0 aromatic rings. The van der Waals surface area contributed by atoms with Crippen molar-refractivity contribution in [3.05, 3.63) is 0 Å². The summed E-state index contributed by atoms with van der Waals surface area (Å²) in [6, 6.07) is 0. The fourth-order valence-corrected chi connectivity index (χ4v) is 0.327. The van der Waals surface area contributed by atoms with Crippen molar-refractivity contribution in [2.45, 2.75) is 25.9 Å². The Morgan fingerprint density at radius 3 is 1.40 bits per heavy atom. The van der Waals surface area contributed by atoms with Gasteiger partial charge in [-0.05, 0) is 0 Å². The van der Waals surface area contributed by atoms with E-state index in [0.717, 1.165) is 13.8 Å². The summed E-state index contributed by atoms with van der Waals surface area (Å²) in [7, 11) is 0. The summed E-state index contributed by atoms with van der Waals surface area (Å²) in [5.74, 6) is -5.54. The van der Waals surface area contributed by atoms with Gasteiger partial charge in [-0.25, -0.2) is 4.39 Å². The van der Waals surface area contributed by atoms with E-state index in [2.05, 4.69) is 0 Å². The van der Waals surface area contributed by atoms with Crippen molar-refractivity contribution in [1.29, 1.82) is 0 Å². The van der Waals surface area contributed by atoms with E-state index in [1.807, 2.05) is 0 Å². The van der Waals surface area contributed by atoms with Crippen LogP contribution in [0.1, 0.15) is 13.8 Å². The number of aliphatic hydroxyl groups is 1. The molecule has 1 unspecified atom stereocenters. The van der Waals surface area contributed by atoms with Crippen molar-refractivity contribution < 1.29 is 22.7 Å². The van der Waals surface area contributed by atoms with Gasteiger partial charge in [0.2, 0.25) is 0 Å². The minimum absolute atomic E-state index is 0.952. The molecule has 0 aliphatic heterocycles. The SMILES string of the molecule is CC(C)C(O)(F)C(F)(F)F. The second-order valence-electron chi connectivity index (χ2n) is 2.33. The molecule has 0 radical (unpaired) electrons. The van der Waals surface area contributed by atoms with Gasteiger partial charge in [0.15, 0.2) is 0 Å². The van der Waals surface area contributed by atoms with Gasteiger partial charge in [0.05, 0.1) is 0 Å². The molecule has 0 amide bonds. The lowest BCUT2D eigenvalue weighted by Crippen LogP contribution is -2.45. The second kappa shape index (κ2) is 2.38. The van der Waals surface area contributed by atoms with Crippen molar-refractivity contribution in [2.24, 2.45) is 5.92 Å². The van der Waals surface area contributed by atoms with Gasteiger partial charge in [0.1, 0.15) is 0 Å². The Hall–Kier alpha value is -0.320. The number of hydrogen-bond donors (Lipinski definition) is 1. The van der Waals surface area contributed by atoms with E-state index in [1.165, 1.54) is 0 Å². The van der Waals surface area contributed by atoms with Crippen LogP contribution in [0, 0.1) is 5.92 Å². The monoisotopic (exact) mass is 160 g/mol. The third-order valence-electron chi connectivity index (χ3n) is 1.16. The van der Waals surface area contributed by atoms with E-state index in [1.54, 1.807) is 0 Å². The first-order valence-electron chi connectivity index (χ1n) is 2.67. The van der Waals surface area contributed by atoms with E-state index in [-0.39, 0.29) is 0 Å². The van der Waals surface area contributed by atoms with Crippen LogP contribution in [-0.4, -0.2) is 17.1 Å². The highest BCUT2D eigenvalue weighted by atomic mass is 19.4. The first-order valence-corrected chi connectivity index (χ1v) is 2.67. The second-order valence-corrected chi connectivity index (χ2v) is 2.33. The van der Waals surface area contributed by atoms with Gasteiger partial charge in [0, 0.05) is 5.92 Å². The zero-order valence-electron chi connectivity index (χ0n) is 5.54. The van der Waals surface area contributed by atoms with Gasteiger partial charge >= 0.3 is 12.0 Å². The van der Waals surface area contributed by atoms with Crippen molar-refractivity contribution in [3.63, 3.8) is 0 Å². The quantitative estimate of drug-likeness (QED) is 0.580. The van der Waals surface area contributed by atoms with Crippen LogP contribution in [0.5, 0.6) is 0 Å². The van der Waals surface area contributed by atoms with E-state index in [0.29, 0.717) is 0 Å². The molecule has 10 heavy (non-hydrogen) atoms. The van der Waals surface area contributed by atoms with E-state index in [9.17, 15) is 17.6 Å². The zero-order valence-corrected chi connectivity index (χ0v) is 5.54. The molecule has 0 fully saturated rings. The van der Waals surface area contributed by atoms with Gasteiger partial charge in [-0.2, -0.15) is 13.2 Å². The molecule has 0 saturated carbocycles. The summed E-state index contributed by atoms with van der Waals surface area (Å²) in [6.07, 6.45) is -5.19. The average molecular weight is 160 g/mol. The molecular weight excluding hydrogens is 152 g/mol. The molecule has 0 heterocycles. The highest BCUT2D eigenvalue weighted by Gasteiger charge is 2.57. The molecule has 1 nitrogen and oxygen atoms in total. The highest BCUT2D eigenvalue weighted by Crippen LogP contribution is 2.36. The molecule has 0 saturated heterocycles. The van der Waals surface area contributed by atoms with Crippen LogP contribution in [0.3, 0.4) is 0 Å². The fraction of sp³-hybridized carbons (Fsp3) is 1.00. The predicted octanol–water partition coefficient (Wildman–Crippen LogP) is 1.86. The maximum absolute atomic E-state index is 12.2. The van der Waals surface area contributed by atoms with Crippen LogP contribution in [0.25, 0.3) is 0 Å². The normalized spacial score (nSPS) is 19.2. The Morgan fingerprint density at radius 1 is 1.10 bits per heavy atom. The smallest absolute Gasteiger partial charge is 0.355 e. The van der Waals surface area contributed by atoms with Crippen molar-refractivity contribution in [1.82, 2.24) is 0 Å². The third-order valence-corrected chi connectivity index (χ3v) is 1.16. The lowest BCUT2D eigenvalue weighted by Gasteiger charge is -2.25. The topological polar surface area (TPSA) is 20.2 Å². The highest BCUT2D eigenvalue weighted by molar-refractivity contribution is 4.77. The number of halogens is 4. The molecule has 5 heteroatoms. The number of hydrogen-bond acceptors (Lipinski definition) is 1. The summed E-state index contributed by atoms with van der Waals surface area (Å²) in [5.41, 5.74) is 0. The Bertz CT molecular complexity index is 115. The summed E-state index contributed by atoms with van der Waals surface area (Å²) < 4.78 is 46.5. The maximum atomic E-state index is 12.2. The van der Waals surface area contributed by atoms with Gasteiger partial charge in [0.25, 0.3) is 0 Å². The van der Waals surface area contributed by atoms with Gasteiger partial charge in [-0.15, -0.1) is 0 Å². The lowest BCUT2D eigenvalue weighted by atomic mass is 10.1. The molecule has 0 bridgehead atoms.